The minimum Gasteiger partial charge on any atom is -0.354 e. The van der Waals surface area contributed by atoms with Crippen LogP contribution in [0.25, 0.3) is 0 Å². The van der Waals surface area contributed by atoms with Gasteiger partial charge in [-0.25, -0.2) is 13.2 Å². The fourth-order valence-corrected chi connectivity index (χ4v) is 2.90. The van der Waals surface area contributed by atoms with Crippen LogP contribution in [-0.4, -0.2) is 57.6 Å². The largest absolute Gasteiger partial charge is 0.354 e. The predicted octanol–water partition coefficient (Wildman–Crippen LogP) is -2.04. The SMILES string of the molecule is CNC(=O)C[NH+]1CC[NH+]([C@H](C)C(=O)Nc2ccc(F)c(F)c2F)CC1. The van der Waals surface area contributed by atoms with E-state index in [9.17, 15) is 22.8 Å². The molecule has 0 bridgehead atoms. The molecule has 0 aliphatic carbocycles. The Bertz CT molecular complexity index is 649. The number of likely N-dealkylation sites (N-methyl/N-ethyl adjacent to an activating group) is 1. The van der Waals surface area contributed by atoms with Crippen molar-refractivity contribution in [1.29, 1.82) is 0 Å². The summed E-state index contributed by atoms with van der Waals surface area (Å²) < 4.78 is 39.8. The summed E-state index contributed by atoms with van der Waals surface area (Å²) in [7, 11) is 1.59. The normalized spacial score (nSPS) is 21.5. The maximum atomic E-state index is 13.7. The molecule has 1 fully saturated rings. The van der Waals surface area contributed by atoms with E-state index in [-0.39, 0.29) is 11.6 Å². The first-order valence-electron chi connectivity index (χ1n) is 8.16. The Morgan fingerprint density at radius 1 is 1.12 bits per heavy atom. The smallest absolute Gasteiger partial charge is 0.282 e. The number of nitrogens with one attached hydrogen (secondary N) is 4. The first kappa shape index (κ1) is 19.2. The van der Waals surface area contributed by atoms with E-state index < -0.39 is 29.4 Å². The van der Waals surface area contributed by atoms with Crippen molar-refractivity contribution < 1.29 is 32.6 Å². The quantitative estimate of drug-likeness (QED) is 0.457. The van der Waals surface area contributed by atoms with Gasteiger partial charge in [0, 0.05) is 7.05 Å². The van der Waals surface area contributed by atoms with Crippen LogP contribution in [0.3, 0.4) is 0 Å². The second-order valence-corrected chi connectivity index (χ2v) is 6.19. The van der Waals surface area contributed by atoms with Crippen LogP contribution in [0.15, 0.2) is 12.1 Å². The van der Waals surface area contributed by atoms with Crippen molar-refractivity contribution in [2.24, 2.45) is 0 Å². The Morgan fingerprint density at radius 2 is 1.76 bits per heavy atom. The van der Waals surface area contributed by atoms with Gasteiger partial charge in [0.1, 0.15) is 26.2 Å². The van der Waals surface area contributed by atoms with E-state index in [1.807, 2.05) is 0 Å². The van der Waals surface area contributed by atoms with Gasteiger partial charge in [0.25, 0.3) is 11.8 Å². The fourth-order valence-electron chi connectivity index (χ4n) is 2.90. The molecule has 0 radical (unpaired) electrons. The molecule has 0 spiro atoms. The van der Waals surface area contributed by atoms with E-state index in [2.05, 4.69) is 10.6 Å². The molecule has 1 heterocycles. The van der Waals surface area contributed by atoms with Gasteiger partial charge in [-0.1, -0.05) is 0 Å². The van der Waals surface area contributed by atoms with Gasteiger partial charge < -0.3 is 20.4 Å². The number of rotatable bonds is 5. The minimum atomic E-state index is -1.61. The van der Waals surface area contributed by atoms with E-state index >= 15 is 0 Å². The molecule has 0 aromatic heterocycles. The van der Waals surface area contributed by atoms with Crippen molar-refractivity contribution >= 4 is 17.5 Å². The van der Waals surface area contributed by atoms with Crippen LogP contribution < -0.4 is 20.4 Å². The van der Waals surface area contributed by atoms with Crippen LogP contribution in [0.1, 0.15) is 6.92 Å². The third-order valence-electron chi connectivity index (χ3n) is 4.59. The van der Waals surface area contributed by atoms with Crippen LogP contribution in [-0.2, 0) is 9.59 Å². The standard InChI is InChI=1S/C16H21F3N4O2/c1-10(23-7-5-22(6-8-23)9-13(24)20-2)16(25)21-12-4-3-11(17)14(18)15(12)19/h3-4,10H,5-9H2,1-2H3,(H,20,24)(H,21,25)/p+2/t10-/m1/s1. The highest BCUT2D eigenvalue weighted by molar-refractivity contribution is 5.93. The van der Waals surface area contributed by atoms with Crippen molar-refractivity contribution in [2.45, 2.75) is 13.0 Å². The molecule has 4 N–H and O–H groups in total. The fraction of sp³-hybridized carbons (Fsp3) is 0.500. The van der Waals surface area contributed by atoms with E-state index in [4.69, 9.17) is 0 Å². The number of anilines is 1. The zero-order valence-electron chi connectivity index (χ0n) is 14.2. The van der Waals surface area contributed by atoms with Crippen LogP contribution in [0, 0.1) is 17.5 Å². The second kappa shape index (κ2) is 8.30. The first-order chi connectivity index (χ1) is 11.8. The molecule has 2 rings (SSSR count). The number of halogens is 3. The number of hydrogen-bond donors (Lipinski definition) is 4. The van der Waals surface area contributed by atoms with Crippen LogP contribution in [0.4, 0.5) is 18.9 Å². The van der Waals surface area contributed by atoms with E-state index in [1.54, 1.807) is 14.0 Å². The summed E-state index contributed by atoms with van der Waals surface area (Å²) in [5.74, 6) is -4.81. The van der Waals surface area contributed by atoms with Crippen molar-refractivity contribution in [1.82, 2.24) is 5.32 Å². The van der Waals surface area contributed by atoms with E-state index in [0.29, 0.717) is 19.6 Å². The highest BCUT2D eigenvalue weighted by Crippen LogP contribution is 2.19. The summed E-state index contributed by atoms with van der Waals surface area (Å²) in [5.41, 5.74) is -0.376. The molecule has 1 aliphatic heterocycles. The topological polar surface area (TPSA) is 67.1 Å². The lowest BCUT2D eigenvalue weighted by molar-refractivity contribution is -1.01. The molecule has 1 aromatic rings. The molecule has 1 atom stereocenters. The van der Waals surface area contributed by atoms with Gasteiger partial charge in [-0.05, 0) is 19.1 Å². The molecule has 1 aromatic carbocycles. The summed E-state index contributed by atoms with van der Waals surface area (Å²) in [6.45, 7) is 4.93. The van der Waals surface area contributed by atoms with Crippen LogP contribution >= 0.6 is 0 Å². The molecule has 25 heavy (non-hydrogen) atoms. The van der Waals surface area contributed by atoms with Crippen molar-refractivity contribution in [3.05, 3.63) is 29.6 Å². The van der Waals surface area contributed by atoms with Gasteiger partial charge in [0.2, 0.25) is 0 Å². The van der Waals surface area contributed by atoms with Gasteiger partial charge in [-0.15, -0.1) is 0 Å². The van der Waals surface area contributed by atoms with Gasteiger partial charge >= 0.3 is 0 Å². The second-order valence-electron chi connectivity index (χ2n) is 6.19. The van der Waals surface area contributed by atoms with Crippen molar-refractivity contribution in [2.75, 3.05) is 45.1 Å². The highest BCUT2D eigenvalue weighted by Gasteiger charge is 2.32. The summed E-state index contributed by atoms with van der Waals surface area (Å²) in [5, 5.41) is 4.90. The maximum Gasteiger partial charge on any atom is 0.282 e. The third-order valence-corrected chi connectivity index (χ3v) is 4.59. The first-order valence-corrected chi connectivity index (χ1v) is 8.16. The Hall–Kier alpha value is -2.13. The zero-order chi connectivity index (χ0) is 18.6. The number of quaternary nitrogens is 2. The number of amides is 2. The van der Waals surface area contributed by atoms with Crippen molar-refractivity contribution in [3.8, 4) is 0 Å². The molecular formula is C16H23F3N4O2+2. The monoisotopic (exact) mass is 360 g/mol. The lowest BCUT2D eigenvalue weighted by Gasteiger charge is -2.32. The van der Waals surface area contributed by atoms with Crippen LogP contribution in [0.2, 0.25) is 0 Å². The third kappa shape index (κ3) is 4.70. The van der Waals surface area contributed by atoms with E-state index in [0.717, 1.165) is 35.0 Å². The van der Waals surface area contributed by atoms with E-state index in [1.165, 1.54) is 0 Å². The van der Waals surface area contributed by atoms with Crippen LogP contribution in [0.5, 0.6) is 0 Å². The number of carbonyl (C=O) groups excluding carboxylic acids is 2. The predicted molar refractivity (Wildman–Crippen MR) is 84.7 cm³/mol. The van der Waals surface area contributed by atoms with Gasteiger partial charge in [-0.3, -0.25) is 9.59 Å². The summed E-state index contributed by atoms with van der Waals surface area (Å²) in [4.78, 5) is 25.8. The number of carbonyl (C=O) groups is 2. The molecule has 0 saturated carbocycles. The summed E-state index contributed by atoms with van der Waals surface area (Å²) in [6.07, 6.45) is 0. The molecule has 6 nitrogen and oxygen atoms in total. The highest BCUT2D eigenvalue weighted by atomic mass is 19.2. The molecule has 1 aliphatic rings. The number of piperazine rings is 1. The molecule has 1 saturated heterocycles. The van der Waals surface area contributed by atoms with Gasteiger partial charge in [0.05, 0.1) is 5.69 Å². The maximum absolute atomic E-state index is 13.7. The lowest BCUT2D eigenvalue weighted by Crippen LogP contribution is -3.30. The minimum absolute atomic E-state index is 0.0296. The average molecular weight is 360 g/mol. The summed E-state index contributed by atoms with van der Waals surface area (Å²) in [6, 6.07) is 1.29. The average Bonchev–Trinajstić information content (AvgIpc) is 2.62. The zero-order valence-corrected chi connectivity index (χ0v) is 14.2. The van der Waals surface area contributed by atoms with Gasteiger partial charge in [0.15, 0.2) is 30.0 Å². The number of hydrogen-bond acceptors (Lipinski definition) is 2. The van der Waals surface area contributed by atoms with Gasteiger partial charge in [-0.2, -0.15) is 0 Å². The molecule has 2 amide bonds. The molecular weight excluding hydrogens is 337 g/mol. The number of benzene rings is 1. The Balaban J connectivity index is 1.91. The molecule has 138 valence electrons. The molecule has 9 heteroatoms. The van der Waals surface area contributed by atoms with Crippen molar-refractivity contribution in [3.63, 3.8) is 0 Å². The summed E-state index contributed by atoms with van der Waals surface area (Å²) >= 11 is 0. The Morgan fingerprint density at radius 3 is 2.36 bits per heavy atom. The molecule has 0 unspecified atom stereocenters. The lowest BCUT2D eigenvalue weighted by atomic mass is 10.2. The Labute approximate surface area is 144 Å². The Kier molecular flexibility index (Phi) is 6.38.